The lowest BCUT2D eigenvalue weighted by Gasteiger charge is -2.12. The Morgan fingerprint density at radius 2 is 1.71 bits per heavy atom. The van der Waals surface area contributed by atoms with Crippen molar-refractivity contribution in [2.24, 2.45) is 5.73 Å². The highest BCUT2D eigenvalue weighted by Gasteiger charge is 2.14. The molecule has 0 unspecified atom stereocenters. The van der Waals surface area contributed by atoms with Gasteiger partial charge in [0.05, 0.1) is 6.04 Å². The van der Waals surface area contributed by atoms with Crippen LogP contribution in [0.3, 0.4) is 0 Å². The van der Waals surface area contributed by atoms with Gasteiger partial charge in [-0.3, -0.25) is 4.79 Å². The number of carbonyl (C=O) groups excluding carboxylic acids is 1. The minimum absolute atomic E-state index is 0.151. The summed E-state index contributed by atoms with van der Waals surface area (Å²) >= 11 is 0. The molecule has 3 nitrogen and oxygen atoms in total. The van der Waals surface area contributed by atoms with Crippen LogP contribution in [0.5, 0.6) is 0 Å². The zero-order valence-corrected chi connectivity index (χ0v) is 12.4. The van der Waals surface area contributed by atoms with E-state index in [1.807, 2.05) is 54.6 Å². The van der Waals surface area contributed by atoms with Crippen LogP contribution in [-0.4, -0.2) is 11.9 Å². The Kier molecular flexibility index (Phi) is 5.52. The third-order valence-corrected chi connectivity index (χ3v) is 3.40. The minimum Gasteiger partial charge on any atom is -0.325 e. The number of nitrogens with two attached hydrogens (primary N) is 1. The van der Waals surface area contributed by atoms with E-state index in [0.29, 0.717) is 6.42 Å². The molecule has 1 atom stereocenters. The number of benzene rings is 2. The van der Waals surface area contributed by atoms with Crippen molar-refractivity contribution in [1.29, 1.82) is 0 Å². The Balaban J connectivity index is 1.91. The molecule has 0 aliphatic rings. The van der Waals surface area contributed by atoms with Crippen molar-refractivity contribution >= 4 is 11.6 Å². The molecule has 0 bridgehead atoms. The first-order valence-electron chi connectivity index (χ1n) is 7.38. The van der Waals surface area contributed by atoms with Gasteiger partial charge in [0.2, 0.25) is 5.91 Å². The molecule has 0 aliphatic carbocycles. The van der Waals surface area contributed by atoms with Gasteiger partial charge in [0.25, 0.3) is 0 Å². The number of anilines is 1. The third-order valence-electron chi connectivity index (χ3n) is 3.40. The maximum absolute atomic E-state index is 12.1. The predicted molar refractivity (Wildman–Crippen MR) is 87.2 cm³/mol. The molecule has 3 heteroatoms. The van der Waals surface area contributed by atoms with Crippen LogP contribution < -0.4 is 11.1 Å². The van der Waals surface area contributed by atoms with Gasteiger partial charge < -0.3 is 11.1 Å². The first kappa shape index (κ1) is 15.3. The highest BCUT2D eigenvalue weighted by Crippen LogP contribution is 2.12. The molecule has 0 radical (unpaired) electrons. The number of hydrogen-bond donors (Lipinski definition) is 2. The SMILES string of the molecule is CCCc1ccc(NC(=O)[C@@H](N)Cc2ccccc2)cc1. The summed E-state index contributed by atoms with van der Waals surface area (Å²) in [6.45, 7) is 2.15. The van der Waals surface area contributed by atoms with Crippen LogP contribution in [0, 0.1) is 0 Å². The number of nitrogens with one attached hydrogen (secondary N) is 1. The van der Waals surface area contributed by atoms with E-state index in [1.165, 1.54) is 5.56 Å². The first-order valence-corrected chi connectivity index (χ1v) is 7.38. The summed E-state index contributed by atoms with van der Waals surface area (Å²) in [4.78, 5) is 12.1. The van der Waals surface area contributed by atoms with E-state index < -0.39 is 6.04 Å². The van der Waals surface area contributed by atoms with Crippen molar-refractivity contribution in [1.82, 2.24) is 0 Å². The van der Waals surface area contributed by atoms with Gasteiger partial charge in [-0.05, 0) is 36.1 Å². The number of aryl methyl sites for hydroxylation is 1. The van der Waals surface area contributed by atoms with Gasteiger partial charge in [0, 0.05) is 5.69 Å². The zero-order valence-electron chi connectivity index (χ0n) is 12.4. The third kappa shape index (κ3) is 4.72. The maximum atomic E-state index is 12.1. The quantitative estimate of drug-likeness (QED) is 0.855. The molecule has 110 valence electrons. The van der Waals surface area contributed by atoms with Gasteiger partial charge in [-0.1, -0.05) is 55.8 Å². The van der Waals surface area contributed by atoms with E-state index >= 15 is 0 Å². The van der Waals surface area contributed by atoms with Gasteiger partial charge in [0.1, 0.15) is 0 Å². The second-order valence-electron chi connectivity index (χ2n) is 5.23. The smallest absolute Gasteiger partial charge is 0.241 e. The fraction of sp³-hybridized carbons (Fsp3) is 0.278. The van der Waals surface area contributed by atoms with E-state index in [9.17, 15) is 4.79 Å². The molecule has 0 spiro atoms. The minimum atomic E-state index is -0.539. The molecule has 3 N–H and O–H groups in total. The molecule has 2 rings (SSSR count). The van der Waals surface area contributed by atoms with Crippen LogP contribution in [-0.2, 0) is 17.6 Å². The van der Waals surface area contributed by atoms with Crippen molar-refractivity contribution in [3.8, 4) is 0 Å². The maximum Gasteiger partial charge on any atom is 0.241 e. The highest BCUT2D eigenvalue weighted by atomic mass is 16.2. The van der Waals surface area contributed by atoms with E-state index in [4.69, 9.17) is 5.73 Å². The Bertz CT molecular complexity index is 564. The van der Waals surface area contributed by atoms with Gasteiger partial charge in [0.15, 0.2) is 0 Å². The highest BCUT2D eigenvalue weighted by molar-refractivity contribution is 5.94. The predicted octanol–water partition coefficient (Wildman–Crippen LogP) is 3.15. The lowest BCUT2D eigenvalue weighted by Crippen LogP contribution is -2.37. The van der Waals surface area contributed by atoms with E-state index in [1.54, 1.807) is 0 Å². The summed E-state index contributed by atoms with van der Waals surface area (Å²) in [5.74, 6) is -0.151. The topological polar surface area (TPSA) is 55.1 Å². The van der Waals surface area contributed by atoms with Crippen LogP contribution in [0.2, 0.25) is 0 Å². The van der Waals surface area contributed by atoms with E-state index in [-0.39, 0.29) is 5.91 Å². The summed E-state index contributed by atoms with van der Waals surface area (Å²) in [5, 5.41) is 2.87. The van der Waals surface area contributed by atoms with Crippen molar-refractivity contribution in [3.63, 3.8) is 0 Å². The average molecular weight is 282 g/mol. The van der Waals surface area contributed by atoms with E-state index in [0.717, 1.165) is 24.1 Å². The molecule has 1 amide bonds. The average Bonchev–Trinajstić information content (AvgIpc) is 2.50. The number of amides is 1. The Hall–Kier alpha value is -2.13. The van der Waals surface area contributed by atoms with E-state index in [2.05, 4.69) is 12.2 Å². The van der Waals surface area contributed by atoms with Crippen molar-refractivity contribution < 1.29 is 4.79 Å². The van der Waals surface area contributed by atoms with Crippen LogP contribution in [0.15, 0.2) is 54.6 Å². The molecule has 0 heterocycles. The van der Waals surface area contributed by atoms with Gasteiger partial charge in [-0.15, -0.1) is 0 Å². The Labute approximate surface area is 126 Å². The molecular weight excluding hydrogens is 260 g/mol. The van der Waals surface area contributed by atoms with Gasteiger partial charge in [-0.25, -0.2) is 0 Å². The standard InChI is InChI=1S/C18H22N2O/c1-2-6-14-9-11-16(12-10-14)20-18(21)17(19)13-15-7-4-3-5-8-15/h3-5,7-12,17H,2,6,13,19H2,1H3,(H,20,21)/t17-/m0/s1. The summed E-state index contributed by atoms with van der Waals surface area (Å²) in [5.41, 5.74) is 9.11. The van der Waals surface area contributed by atoms with Crippen LogP contribution in [0.1, 0.15) is 24.5 Å². The van der Waals surface area contributed by atoms with Crippen molar-refractivity contribution in [3.05, 3.63) is 65.7 Å². The second-order valence-corrected chi connectivity index (χ2v) is 5.23. The summed E-state index contributed by atoms with van der Waals surface area (Å²) in [7, 11) is 0. The second kappa shape index (κ2) is 7.60. The molecule has 0 saturated heterocycles. The van der Waals surface area contributed by atoms with Crippen molar-refractivity contribution in [2.75, 3.05) is 5.32 Å². The zero-order chi connectivity index (χ0) is 15.1. The molecule has 0 saturated carbocycles. The lowest BCUT2D eigenvalue weighted by molar-refractivity contribution is -0.117. The Morgan fingerprint density at radius 1 is 1.05 bits per heavy atom. The molecule has 0 aromatic heterocycles. The van der Waals surface area contributed by atoms with Crippen LogP contribution in [0.4, 0.5) is 5.69 Å². The fourth-order valence-electron chi connectivity index (χ4n) is 2.24. The number of rotatable bonds is 6. The van der Waals surface area contributed by atoms with Crippen LogP contribution >= 0.6 is 0 Å². The molecule has 21 heavy (non-hydrogen) atoms. The molecule has 2 aromatic carbocycles. The molecule has 0 aliphatic heterocycles. The molecule has 2 aromatic rings. The molecule has 0 fully saturated rings. The number of hydrogen-bond acceptors (Lipinski definition) is 2. The van der Waals surface area contributed by atoms with Gasteiger partial charge in [-0.2, -0.15) is 0 Å². The first-order chi connectivity index (χ1) is 10.2. The van der Waals surface area contributed by atoms with Gasteiger partial charge >= 0.3 is 0 Å². The fourth-order valence-corrected chi connectivity index (χ4v) is 2.24. The molecular formula is C18H22N2O. The monoisotopic (exact) mass is 282 g/mol. The van der Waals surface area contributed by atoms with Crippen molar-refractivity contribution in [2.45, 2.75) is 32.2 Å². The largest absolute Gasteiger partial charge is 0.325 e. The Morgan fingerprint density at radius 3 is 2.33 bits per heavy atom. The normalized spacial score (nSPS) is 11.9. The number of carbonyl (C=O) groups is 1. The van der Waals surface area contributed by atoms with Crippen LogP contribution in [0.25, 0.3) is 0 Å². The summed E-state index contributed by atoms with van der Waals surface area (Å²) < 4.78 is 0. The summed E-state index contributed by atoms with van der Waals surface area (Å²) in [6, 6.07) is 17.2. The summed E-state index contributed by atoms with van der Waals surface area (Å²) in [6.07, 6.45) is 2.72. The lowest BCUT2D eigenvalue weighted by atomic mass is 10.1.